The van der Waals surface area contributed by atoms with Gasteiger partial charge in [-0.2, -0.15) is 0 Å². The molecule has 3 aliphatic heterocycles. The van der Waals surface area contributed by atoms with Gasteiger partial charge >= 0.3 is 0 Å². The lowest BCUT2D eigenvalue weighted by molar-refractivity contribution is -0.142. The van der Waals surface area contributed by atoms with Crippen molar-refractivity contribution < 1.29 is 9.59 Å². The fourth-order valence-corrected chi connectivity index (χ4v) is 4.61. The van der Waals surface area contributed by atoms with Gasteiger partial charge in [-0.1, -0.05) is 19.8 Å². The molecule has 5 heteroatoms. The molecule has 0 saturated carbocycles. The van der Waals surface area contributed by atoms with Crippen molar-refractivity contribution in [3.8, 4) is 0 Å². The van der Waals surface area contributed by atoms with Gasteiger partial charge < -0.3 is 9.80 Å². The van der Waals surface area contributed by atoms with Gasteiger partial charge in [0, 0.05) is 32.1 Å². The maximum absolute atomic E-state index is 12.7. The van der Waals surface area contributed by atoms with Crippen molar-refractivity contribution in [2.24, 2.45) is 11.8 Å². The van der Waals surface area contributed by atoms with E-state index in [1.165, 1.54) is 32.1 Å². The van der Waals surface area contributed by atoms with Crippen molar-refractivity contribution >= 4 is 11.8 Å². The molecule has 3 aliphatic rings. The molecule has 142 valence electrons. The van der Waals surface area contributed by atoms with E-state index in [4.69, 9.17) is 0 Å². The van der Waals surface area contributed by atoms with Crippen LogP contribution in [0.15, 0.2) is 0 Å². The smallest absolute Gasteiger partial charge is 0.236 e. The van der Waals surface area contributed by atoms with Gasteiger partial charge in [0.05, 0.1) is 6.54 Å². The molecular weight excluding hydrogens is 314 g/mol. The van der Waals surface area contributed by atoms with Crippen molar-refractivity contribution in [1.82, 2.24) is 14.7 Å². The molecule has 0 radical (unpaired) electrons. The SMILES string of the molecule is CC1CCCN(C(=O)C2CCN(C(=O)CN3CCCCCC3)CC2)C1. The number of carbonyl (C=O) groups is 2. The summed E-state index contributed by atoms with van der Waals surface area (Å²) < 4.78 is 0. The van der Waals surface area contributed by atoms with E-state index in [1.807, 2.05) is 4.90 Å². The molecule has 0 aromatic carbocycles. The van der Waals surface area contributed by atoms with Gasteiger partial charge in [-0.15, -0.1) is 0 Å². The molecule has 0 aromatic rings. The van der Waals surface area contributed by atoms with Crippen LogP contribution in [-0.2, 0) is 9.59 Å². The summed E-state index contributed by atoms with van der Waals surface area (Å²) in [5.74, 6) is 1.37. The van der Waals surface area contributed by atoms with Crippen LogP contribution in [0.25, 0.3) is 0 Å². The minimum atomic E-state index is 0.132. The van der Waals surface area contributed by atoms with Crippen molar-refractivity contribution in [1.29, 1.82) is 0 Å². The van der Waals surface area contributed by atoms with E-state index in [-0.39, 0.29) is 11.8 Å². The number of hydrogen-bond acceptors (Lipinski definition) is 3. The second-order valence-electron chi connectivity index (χ2n) is 8.38. The molecular formula is C20H35N3O2. The Morgan fingerprint density at radius 1 is 0.800 bits per heavy atom. The lowest BCUT2D eigenvalue weighted by Crippen LogP contribution is -2.48. The Labute approximate surface area is 152 Å². The van der Waals surface area contributed by atoms with Crippen molar-refractivity contribution in [2.75, 3.05) is 45.8 Å². The predicted molar refractivity (Wildman–Crippen MR) is 99.2 cm³/mol. The summed E-state index contributed by atoms with van der Waals surface area (Å²) in [6, 6.07) is 0. The molecule has 1 atom stereocenters. The van der Waals surface area contributed by atoms with E-state index in [2.05, 4.69) is 16.7 Å². The van der Waals surface area contributed by atoms with Gasteiger partial charge in [0.1, 0.15) is 0 Å². The fraction of sp³-hybridized carbons (Fsp3) is 0.900. The summed E-state index contributed by atoms with van der Waals surface area (Å²) in [7, 11) is 0. The normalized spacial score (nSPS) is 27.2. The van der Waals surface area contributed by atoms with Gasteiger partial charge in [0.15, 0.2) is 0 Å². The quantitative estimate of drug-likeness (QED) is 0.786. The molecule has 25 heavy (non-hydrogen) atoms. The largest absolute Gasteiger partial charge is 0.342 e. The Balaban J connectivity index is 1.43. The zero-order chi connectivity index (χ0) is 17.6. The van der Waals surface area contributed by atoms with Crippen LogP contribution in [0.1, 0.15) is 58.3 Å². The van der Waals surface area contributed by atoms with E-state index in [0.717, 1.165) is 58.5 Å². The van der Waals surface area contributed by atoms with Crippen LogP contribution in [0.4, 0.5) is 0 Å². The summed E-state index contributed by atoms with van der Waals surface area (Å²) in [5.41, 5.74) is 0. The van der Waals surface area contributed by atoms with Crippen molar-refractivity contribution in [3.63, 3.8) is 0 Å². The molecule has 5 nitrogen and oxygen atoms in total. The lowest BCUT2D eigenvalue weighted by Gasteiger charge is -2.37. The van der Waals surface area contributed by atoms with E-state index in [1.54, 1.807) is 0 Å². The number of carbonyl (C=O) groups excluding carboxylic acids is 2. The third-order valence-corrected chi connectivity index (χ3v) is 6.22. The van der Waals surface area contributed by atoms with Crippen LogP contribution < -0.4 is 0 Å². The highest BCUT2D eigenvalue weighted by Gasteiger charge is 2.32. The average Bonchev–Trinajstić information content (AvgIpc) is 2.90. The molecule has 0 spiro atoms. The monoisotopic (exact) mass is 349 g/mol. The number of amides is 2. The van der Waals surface area contributed by atoms with Crippen molar-refractivity contribution in [2.45, 2.75) is 58.3 Å². The third-order valence-electron chi connectivity index (χ3n) is 6.22. The predicted octanol–water partition coefficient (Wildman–Crippen LogP) is 2.36. The van der Waals surface area contributed by atoms with Gasteiger partial charge in [-0.3, -0.25) is 14.5 Å². The second kappa shape index (κ2) is 9.02. The van der Waals surface area contributed by atoms with Gasteiger partial charge in [-0.25, -0.2) is 0 Å². The minimum Gasteiger partial charge on any atom is -0.342 e. The minimum absolute atomic E-state index is 0.132. The first-order valence-corrected chi connectivity index (χ1v) is 10.4. The number of rotatable bonds is 3. The topological polar surface area (TPSA) is 43.9 Å². The average molecular weight is 350 g/mol. The first kappa shape index (κ1) is 18.7. The maximum atomic E-state index is 12.7. The van der Waals surface area contributed by atoms with Crippen LogP contribution >= 0.6 is 0 Å². The van der Waals surface area contributed by atoms with Gasteiger partial charge in [0.25, 0.3) is 0 Å². The fourth-order valence-electron chi connectivity index (χ4n) is 4.61. The van der Waals surface area contributed by atoms with Crippen LogP contribution in [0.3, 0.4) is 0 Å². The molecule has 0 aromatic heterocycles. The highest BCUT2D eigenvalue weighted by atomic mass is 16.2. The van der Waals surface area contributed by atoms with Crippen LogP contribution in [0.5, 0.6) is 0 Å². The molecule has 1 unspecified atom stereocenters. The summed E-state index contributed by atoms with van der Waals surface area (Å²) in [6.07, 6.45) is 9.11. The van der Waals surface area contributed by atoms with E-state index < -0.39 is 0 Å². The van der Waals surface area contributed by atoms with Gasteiger partial charge in [0.2, 0.25) is 11.8 Å². The van der Waals surface area contributed by atoms with E-state index >= 15 is 0 Å². The zero-order valence-corrected chi connectivity index (χ0v) is 15.9. The number of hydrogen-bond donors (Lipinski definition) is 0. The van der Waals surface area contributed by atoms with Crippen LogP contribution in [0, 0.1) is 11.8 Å². The maximum Gasteiger partial charge on any atom is 0.236 e. The van der Waals surface area contributed by atoms with Crippen LogP contribution in [0.2, 0.25) is 0 Å². The number of nitrogens with zero attached hydrogens (tertiary/aromatic N) is 3. The Bertz CT molecular complexity index is 452. The Hall–Kier alpha value is -1.10. The number of likely N-dealkylation sites (tertiary alicyclic amines) is 3. The summed E-state index contributed by atoms with van der Waals surface area (Å²) in [6.45, 7) is 8.30. The Morgan fingerprint density at radius 3 is 2.12 bits per heavy atom. The third kappa shape index (κ3) is 5.19. The Kier molecular flexibility index (Phi) is 6.74. The zero-order valence-electron chi connectivity index (χ0n) is 15.9. The highest BCUT2D eigenvalue weighted by molar-refractivity contribution is 5.81. The van der Waals surface area contributed by atoms with E-state index in [0.29, 0.717) is 18.4 Å². The summed E-state index contributed by atoms with van der Waals surface area (Å²) in [4.78, 5) is 31.7. The van der Waals surface area contributed by atoms with E-state index in [9.17, 15) is 9.59 Å². The lowest BCUT2D eigenvalue weighted by atomic mass is 9.92. The van der Waals surface area contributed by atoms with Crippen LogP contribution in [-0.4, -0.2) is 72.3 Å². The molecule has 3 heterocycles. The molecule has 3 saturated heterocycles. The Morgan fingerprint density at radius 2 is 1.48 bits per heavy atom. The van der Waals surface area contributed by atoms with Crippen molar-refractivity contribution in [3.05, 3.63) is 0 Å². The molecule has 0 aliphatic carbocycles. The molecule has 3 rings (SSSR count). The second-order valence-corrected chi connectivity index (χ2v) is 8.38. The highest BCUT2D eigenvalue weighted by Crippen LogP contribution is 2.24. The summed E-state index contributed by atoms with van der Waals surface area (Å²) >= 11 is 0. The molecule has 3 fully saturated rings. The van der Waals surface area contributed by atoms with Gasteiger partial charge in [-0.05, 0) is 57.5 Å². The summed E-state index contributed by atoms with van der Waals surface area (Å²) in [5, 5.41) is 0. The first-order chi connectivity index (χ1) is 12.1. The molecule has 0 N–H and O–H groups in total. The number of piperidine rings is 2. The molecule has 2 amide bonds. The molecule has 0 bridgehead atoms. The standard InChI is InChI=1S/C20H35N3O2/c1-17-7-6-12-23(15-17)20(25)18-8-13-22(14-9-18)19(24)16-21-10-4-2-3-5-11-21/h17-18H,2-16H2,1H3. The first-order valence-electron chi connectivity index (χ1n) is 10.4.